The van der Waals surface area contributed by atoms with Crippen molar-refractivity contribution in [1.29, 1.82) is 0 Å². The van der Waals surface area contributed by atoms with Crippen LogP contribution in [0.1, 0.15) is 13.3 Å². The Hall–Kier alpha value is -1.26. The van der Waals surface area contributed by atoms with Crippen LogP contribution in [0.25, 0.3) is 0 Å². The minimum atomic E-state index is -0.337. The van der Waals surface area contributed by atoms with E-state index in [0.29, 0.717) is 31.8 Å². The Morgan fingerprint density at radius 2 is 2.58 bits per heavy atom. The van der Waals surface area contributed by atoms with E-state index < -0.39 is 0 Å². The van der Waals surface area contributed by atoms with Gasteiger partial charge in [0.05, 0.1) is 18.9 Å². The zero-order valence-corrected chi connectivity index (χ0v) is 6.99. The average Bonchev–Trinajstić information content (AvgIpc) is 2.52. The van der Waals surface area contributed by atoms with E-state index in [0.717, 1.165) is 0 Å². The van der Waals surface area contributed by atoms with Crippen molar-refractivity contribution in [3.63, 3.8) is 0 Å². The molecule has 0 atom stereocenters. The summed E-state index contributed by atoms with van der Waals surface area (Å²) in [7, 11) is 0. The topological polar surface area (TPSA) is 62.1 Å². The third-order valence-electron chi connectivity index (χ3n) is 1.71. The van der Waals surface area contributed by atoms with Gasteiger partial charge in [0.1, 0.15) is 0 Å². The maximum atomic E-state index is 11.1. The van der Waals surface area contributed by atoms with Crippen molar-refractivity contribution >= 4 is 11.8 Å². The minimum Gasteiger partial charge on any atom is -0.450 e. The lowest BCUT2D eigenvalue weighted by Crippen LogP contribution is -2.29. The molecule has 1 fully saturated rings. The molecular weight excluding hydrogens is 160 g/mol. The van der Waals surface area contributed by atoms with Crippen molar-refractivity contribution in [2.24, 2.45) is 5.16 Å². The van der Waals surface area contributed by atoms with E-state index in [9.17, 15) is 4.79 Å². The number of amides is 1. The molecule has 12 heavy (non-hydrogen) atoms. The van der Waals surface area contributed by atoms with Crippen molar-refractivity contribution in [3.05, 3.63) is 0 Å². The highest BCUT2D eigenvalue weighted by Crippen LogP contribution is 2.06. The summed E-state index contributed by atoms with van der Waals surface area (Å²) in [5, 5.41) is 11.5. The molecule has 1 aliphatic rings. The molecule has 1 heterocycles. The molecule has 1 rings (SSSR count). The highest BCUT2D eigenvalue weighted by atomic mass is 16.6. The number of oxime groups is 1. The van der Waals surface area contributed by atoms with E-state index in [1.807, 2.05) is 0 Å². The summed E-state index contributed by atoms with van der Waals surface area (Å²) in [4.78, 5) is 12.6. The number of carbonyl (C=O) groups excluding carboxylic acids is 1. The van der Waals surface area contributed by atoms with Gasteiger partial charge in [-0.3, -0.25) is 0 Å². The summed E-state index contributed by atoms with van der Waals surface area (Å²) >= 11 is 0. The van der Waals surface area contributed by atoms with Crippen molar-refractivity contribution < 1.29 is 14.7 Å². The Balaban J connectivity index is 2.41. The summed E-state index contributed by atoms with van der Waals surface area (Å²) in [6.45, 7) is 3.10. The molecule has 0 aromatic carbocycles. The molecule has 0 aliphatic carbocycles. The van der Waals surface area contributed by atoms with Gasteiger partial charge in [0.25, 0.3) is 0 Å². The zero-order valence-electron chi connectivity index (χ0n) is 6.99. The van der Waals surface area contributed by atoms with E-state index in [-0.39, 0.29) is 6.09 Å². The van der Waals surface area contributed by atoms with E-state index in [1.165, 1.54) is 4.90 Å². The number of nitrogens with zero attached hydrogens (tertiary/aromatic N) is 2. The Labute approximate surface area is 70.6 Å². The molecule has 0 unspecified atom stereocenters. The quantitative estimate of drug-likeness (QED) is 0.467. The number of hydrogen-bond donors (Lipinski definition) is 1. The second-order valence-electron chi connectivity index (χ2n) is 2.54. The number of carbonyl (C=O) groups is 1. The molecule has 0 aromatic rings. The summed E-state index contributed by atoms with van der Waals surface area (Å²) in [5.41, 5.74) is 0.628. The average molecular weight is 172 g/mol. The highest BCUT2D eigenvalue weighted by Gasteiger charge is 2.23. The lowest BCUT2D eigenvalue weighted by atomic mass is 10.3. The summed E-state index contributed by atoms with van der Waals surface area (Å²) in [6, 6.07) is 0. The first kappa shape index (κ1) is 8.83. The van der Waals surface area contributed by atoms with Crippen LogP contribution >= 0.6 is 0 Å². The van der Waals surface area contributed by atoms with Crippen molar-refractivity contribution in [3.8, 4) is 0 Å². The predicted molar refractivity (Wildman–Crippen MR) is 42.4 cm³/mol. The van der Waals surface area contributed by atoms with Crippen LogP contribution in [-0.4, -0.2) is 41.6 Å². The van der Waals surface area contributed by atoms with Gasteiger partial charge in [0, 0.05) is 13.0 Å². The van der Waals surface area contributed by atoms with Crippen LogP contribution in [0, 0.1) is 0 Å². The van der Waals surface area contributed by atoms with Crippen LogP contribution < -0.4 is 0 Å². The van der Waals surface area contributed by atoms with Crippen LogP contribution in [0.4, 0.5) is 4.79 Å². The van der Waals surface area contributed by atoms with Crippen molar-refractivity contribution in [2.75, 3.05) is 19.7 Å². The lowest BCUT2D eigenvalue weighted by Gasteiger charge is -2.12. The molecule has 0 bridgehead atoms. The van der Waals surface area contributed by atoms with Gasteiger partial charge in [-0.05, 0) is 6.92 Å². The fourth-order valence-corrected chi connectivity index (χ4v) is 1.09. The van der Waals surface area contributed by atoms with Gasteiger partial charge < -0.3 is 14.8 Å². The van der Waals surface area contributed by atoms with E-state index >= 15 is 0 Å². The summed E-state index contributed by atoms with van der Waals surface area (Å²) < 4.78 is 4.77. The van der Waals surface area contributed by atoms with Crippen LogP contribution in [0.2, 0.25) is 0 Å². The number of ether oxygens (including phenoxy) is 1. The molecule has 5 nitrogen and oxygen atoms in total. The van der Waals surface area contributed by atoms with Crippen LogP contribution in [-0.2, 0) is 4.74 Å². The second-order valence-corrected chi connectivity index (χ2v) is 2.54. The van der Waals surface area contributed by atoms with Gasteiger partial charge >= 0.3 is 6.09 Å². The standard InChI is InChI=1S/C7H12N2O3/c1-2-12-7(10)9-4-3-6(5-9)8-11/h11H,2-5H2,1H3/b8-6+. The Morgan fingerprint density at radius 1 is 1.83 bits per heavy atom. The number of rotatable bonds is 1. The van der Waals surface area contributed by atoms with Crippen LogP contribution in [0.5, 0.6) is 0 Å². The highest BCUT2D eigenvalue weighted by molar-refractivity contribution is 5.91. The SMILES string of the molecule is CCOC(=O)N1CC/C(=N\O)C1. The monoisotopic (exact) mass is 172 g/mol. The van der Waals surface area contributed by atoms with E-state index in [2.05, 4.69) is 5.16 Å². The maximum Gasteiger partial charge on any atom is 0.410 e. The van der Waals surface area contributed by atoms with Gasteiger partial charge in [-0.15, -0.1) is 0 Å². The molecule has 0 aromatic heterocycles. The molecule has 0 radical (unpaired) electrons. The third kappa shape index (κ3) is 1.87. The fraction of sp³-hybridized carbons (Fsp3) is 0.714. The van der Waals surface area contributed by atoms with Gasteiger partial charge in [0.15, 0.2) is 0 Å². The predicted octanol–water partition coefficient (Wildman–Crippen LogP) is 0.679. The number of likely N-dealkylation sites (tertiary alicyclic amines) is 1. The molecule has 1 saturated heterocycles. The molecule has 0 saturated carbocycles. The normalized spacial score (nSPS) is 20.1. The number of hydrogen-bond acceptors (Lipinski definition) is 4. The lowest BCUT2D eigenvalue weighted by molar-refractivity contribution is 0.117. The largest absolute Gasteiger partial charge is 0.450 e. The van der Waals surface area contributed by atoms with Gasteiger partial charge in [-0.1, -0.05) is 5.16 Å². The summed E-state index contributed by atoms with van der Waals surface area (Å²) in [6.07, 6.45) is 0.297. The first-order valence-electron chi connectivity index (χ1n) is 3.89. The fourth-order valence-electron chi connectivity index (χ4n) is 1.09. The van der Waals surface area contributed by atoms with E-state index in [4.69, 9.17) is 9.94 Å². The van der Waals surface area contributed by atoms with Crippen molar-refractivity contribution in [1.82, 2.24) is 4.90 Å². The van der Waals surface area contributed by atoms with Gasteiger partial charge in [-0.2, -0.15) is 0 Å². The van der Waals surface area contributed by atoms with Crippen molar-refractivity contribution in [2.45, 2.75) is 13.3 Å². The maximum absolute atomic E-state index is 11.1. The molecule has 1 N–H and O–H groups in total. The zero-order chi connectivity index (χ0) is 8.97. The Kier molecular flexibility index (Phi) is 2.90. The van der Waals surface area contributed by atoms with E-state index in [1.54, 1.807) is 6.92 Å². The molecule has 1 amide bonds. The Morgan fingerprint density at radius 3 is 3.08 bits per heavy atom. The summed E-state index contributed by atoms with van der Waals surface area (Å²) in [5.74, 6) is 0. The molecule has 0 spiro atoms. The van der Waals surface area contributed by atoms with Crippen LogP contribution in [0.3, 0.4) is 0 Å². The molecular formula is C7H12N2O3. The first-order chi connectivity index (χ1) is 5.77. The minimum absolute atomic E-state index is 0.337. The van der Waals surface area contributed by atoms with Gasteiger partial charge in [0.2, 0.25) is 0 Å². The Bertz CT molecular complexity index is 203. The molecule has 1 aliphatic heterocycles. The van der Waals surface area contributed by atoms with Crippen LogP contribution in [0.15, 0.2) is 5.16 Å². The smallest absolute Gasteiger partial charge is 0.410 e. The van der Waals surface area contributed by atoms with Gasteiger partial charge in [-0.25, -0.2) is 4.79 Å². The molecule has 5 heteroatoms. The second kappa shape index (κ2) is 3.94. The third-order valence-corrected chi connectivity index (χ3v) is 1.71. The first-order valence-corrected chi connectivity index (χ1v) is 3.89. The molecule has 68 valence electrons.